The van der Waals surface area contributed by atoms with Gasteiger partial charge in [-0.15, -0.1) is 0 Å². The number of aryl methyl sites for hydroxylation is 1. The van der Waals surface area contributed by atoms with Crippen LogP contribution in [0.5, 0.6) is 5.75 Å². The van der Waals surface area contributed by atoms with Crippen LogP contribution in [0.1, 0.15) is 12.5 Å². The number of phenolic OH excluding ortho intramolecular Hbond substituents is 1. The van der Waals surface area contributed by atoms with Gasteiger partial charge in [0.25, 0.3) is 0 Å². The van der Waals surface area contributed by atoms with E-state index in [4.69, 9.17) is 0 Å². The first-order valence-corrected chi connectivity index (χ1v) is 3.92. The summed E-state index contributed by atoms with van der Waals surface area (Å²) in [7, 11) is 0. The lowest BCUT2D eigenvalue weighted by atomic mass is 10.2. The molecule has 0 aliphatic carbocycles. The maximum Gasteiger partial charge on any atom is 0.235 e. The predicted molar refractivity (Wildman–Crippen MR) is 50.3 cm³/mol. The molecule has 0 spiro atoms. The van der Waals surface area contributed by atoms with E-state index in [1.54, 1.807) is 12.1 Å². The van der Waals surface area contributed by atoms with Crippen LogP contribution >= 0.6 is 0 Å². The Hall–Kier alpha value is -1.71. The Bertz CT molecular complexity index is 323. The van der Waals surface area contributed by atoms with E-state index in [2.05, 4.69) is 10.9 Å². The monoisotopic (exact) mass is 180 g/mol. The second-order valence-electron chi connectivity index (χ2n) is 2.83. The quantitative estimate of drug-likeness (QED) is 0.473. The van der Waals surface area contributed by atoms with Gasteiger partial charge in [-0.3, -0.25) is 15.6 Å². The predicted octanol–water partition coefficient (Wildman–Crippen LogP) is 1.16. The Morgan fingerprint density at radius 2 is 2.15 bits per heavy atom. The number of phenols is 1. The van der Waals surface area contributed by atoms with Gasteiger partial charge in [0.1, 0.15) is 5.75 Å². The highest BCUT2D eigenvalue weighted by Crippen LogP contribution is 2.22. The van der Waals surface area contributed by atoms with Crippen molar-refractivity contribution in [2.75, 3.05) is 5.43 Å². The minimum Gasteiger partial charge on any atom is -0.506 e. The van der Waals surface area contributed by atoms with Gasteiger partial charge in [0.2, 0.25) is 5.91 Å². The maximum absolute atomic E-state index is 10.5. The van der Waals surface area contributed by atoms with E-state index in [0.717, 1.165) is 5.56 Å². The van der Waals surface area contributed by atoms with Crippen molar-refractivity contribution in [2.24, 2.45) is 0 Å². The second kappa shape index (κ2) is 3.80. The molecule has 0 atom stereocenters. The molecular formula is C9H12N2O2. The van der Waals surface area contributed by atoms with Crippen LogP contribution in [-0.4, -0.2) is 11.0 Å². The van der Waals surface area contributed by atoms with Crippen molar-refractivity contribution in [1.29, 1.82) is 0 Å². The van der Waals surface area contributed by atoms with E-state index in [9.17, 15) is 9.90 Å². The van der Waals surface area contributed by atoms with E-state index in [-0.39, 0.29) is 11.7 Å². The Balaban J connectivity index is 2.72. The Kier molecular flexibility index (Phi) is 2.74. The zero-order valence-corrected chi connectivity index (χ0v) is 7.59. The number of hydrogen-bond acceptors (Lipinski definition) is 3. The van der Waals surface area contributed by atoms with Gasteiger partial charge in [-0.2, -0.15) is 0 Å². The number of nitrogens with one attached hydrogen (secondary N) is 2. The van der Waals surface area contributed by atoms with Gasteiger partial charge in [0.05, 0.1) is 5.69 Å². The fourth-order valence-corrected chi connectivity index (χ4v) is 0.903. The van der Waals surface area contributed by atoms with Crippen molar-refractivity contribution < 1.29 is 9.90 Å². The van der Waals surface area contributed by atoms with E-state index >= 15 is 0 Å². The fraction of sp³-hybridized carbons (Fsp3) is 0.222. The summed E-state index contributed by atoms with van der Waals surface area (Å²) in [6.45, 7) is 3.26. The minimum absolute atomic E-state index is 0.119. The molecule has 0 saturated heterocycles. The lowest BCUT2D eigenvalue weighted by Gasteiger charge is -2.08. The molecule has 1 aromatic carbocycles. The molecule has 4 nitrogen and oxygen atoms in total. The van der Waals surface area contributed by atoms with E-state index in [1.165, 1.54) is 6.92 Å². The number of benzene rings is 1. The standard InChI is InChI=1S/C9H12N2O2/c1-6-3-4-8(9(13)5-6)11-10-7(2)12/h3-5,11,13H,1-2H3,(H,10,12). The van der Waals surface area contributed by atoms with Crippen molar-refractivity contribution in [3.05, 3.63) is 23.8 Å². The molecule has 1 aromatic rings. The molecule has 0 unspecified atom stereocenters. The summed E-state index contributed by atoms with van der Waals surface area (Å²) >= 11 is 0. The fourth-order valence-electron chi connectivity index (χ4n) is 0.903. The van der Waals surface area contributed by atoms with Gasteiger partial charge in [-0.25, -0.2) is 0 Å². The smallest absolute Gasteiger partial charge is 0.235 e. The molecule has 0 saturated carbocycles. The first-order valence-electron chi connectivity index (χ1n) is 3.92. The third-order valence-electron chi connectivity index (χ3n) is 1.53. The van der Waals surface area contributed by atoms with Crippen LogP contribution in [-0.2, 0) is 4.79 Å². The van der Waals surface area contributed by atoms with Crippen molar-refractivity contribution in [1.82, 2.24) is 5.43 Å². The number of hydrazine groups is 1. The molecule has 70 valence electrons. The topological polar surface area (TPSA) is 61.4 Å². The van der Waals surface area contributed by atoms with Gasteiger partial charge in [-0.05, 0) is 24.6 Å². The maximum atomic E-state index is 10.5. The lowest BCUT2D eigenvalue weighted by Crippen LogP contribution is -2.26. The van der Waals surface area contributed by atoms with Crippen LogP contribution in [0.4, 0.5) is 5.69 Å². The number of rotatable bonds is 2. The summed E-state index contributed by atoms with van der Waals surface area (Å²) in [6.07, 6.45) is 0. The number of hydrogen-bond donors (Lipinski definition) is 3. The SMILES string of the molecule is CC(=O)NNc1ccc(C)cc1O. The second-order valence-corrected chi connectivity index (χ2v) is 2.83. The normalized spacial score (nSPS) is 9.38. The minimum atomic E-state index is -0.208. The van der Waals surface area contributed by atoms with Crippen LogP contribution < -0.4 is 10.9 Å². The van der Waals surface area contributed by atoms with Crippen molar-refractivity contribution >= 4 is 11.6 Å². The summed E-state index contributed by atoms with van der Waals surface area (Å²) < 4.78 is 0. The van der Waals surface area contributed by atoms with Crippen molar-refractivity contribution in [2.45, 2.75) is 13.8 Å². The average molecular weight is 180 g/mol. The van der Waals surface area contributed by atoms with Gasteiger partial charge >= 0.3 is 0 Å². The molecule has 1 amide bonds. The molecule has 0 aromatic heterocycles. The molecular weight excluding hydrogens is 168 g/mol. The van der Waals surface area contributed by atoms with E-state index in [1.807, 2.05) is 13.0 Å². The molecule has 0 fully saturated rings. The van der Waals surface area contributed by atoms with Gasteiger partial charge in [0, 0.05) is 6.92 Å². The highest BCUT2D eigenvalue weighted by Gasteiger charge is 1.99. The Morgan fingerprint density at radius 3 is 2.69 bits per heavy atom. The third-order valence-corrected chi connectivity index (χ3v) is 1.53. The third kappa shape index (κ3) is 2.66. The van der Waals surface area contributed by atoms with Gasteiger partial charge < -0.3 is 5.11 Å². The average Bonchev–Trinajstić information content (AvgIpc) is 2.02. The van der Waals surface area contributed by atoms with Crippen LogP contribution in [0, 0.1) is 6.92 Å². The molecule has 0 aliphatic rings. The van der Waals surface area contributed by atoms with Crippen LogP contribution in [0.15, 0.2) is 18.2 Å². The largest absolute Gasteiger partial charge is 0.506 e. The van der Waals surface area contributed by atoms with Crippen molar-refractivity contribution in [3.8, 4) is 5.75 Å². The zero-order valence-electron chi connectivity index (χ0n) is 7.59. The van der Waals surface area contributed by atoms with Crippen LogP contribution in [0.2, 0.25) is 0 Å². The summed E-state index contributed by atoms with van der Waals surface area (Å²) in [6, 6.07) is 5.15. The lowest BCUT2D eigenvalue weighted by molar-refractivity contribution is -0.118. The van der Waals surface area contributed by atoms with Crippen LogP contribution in [0.25, 0.3) is 0 Å². The number of aromatic hydroxyl groups is 1. The molecule has 0 heterocycles. The molecule has 0 radical (unpaired) electrons. The summed E-state index contributed by atoms with van der Waals surface area (Å²) in [4.78, 5) is 10.5. The van der Waals surface area contributed by atoms with Crippen molar-refractivity contribution in [3.63, 3.8) is 0 Å². The molecule has 0 aliphatic heterocycles. The Morgan fingerprint density at radius 1 is 1.46 bits per heavy atom. The van der Waals surface area contributed by atoms with Crippen LogP contribution in [0.3, 0.4) is 0 Å². The van der Waals surface area contributed by atoms with Gasteiger partial charge in [0.15, 0.2) is 0 Å². The summed E-state index contributed by atoms with van der Waals surface area (Å²) in [5, 5.41) is 9.39. The number of amides is 1. The molecule has 4 heteroatoms. The first-order chi connectivity index (χ1) is 6.09. The zero-order chi connectivity index (χ0) is 9.84. The van der Waals surface area contributed by atoms with E-state index < -0.39 is 0 Å². The number of anilines is 1. The highest BCUT2D eigenvalue weighted by molar-refractivity contribution is 5.75. The molecule has 0 bridgehead atoms. The molecule has 1 rings (SSSR count). The molecule has 13 heavy (non-hydrogen) atoms. The first kappa shape index (κ1) is 9.38. The summed E-state index contributed by atoms with van der Waals surface area (Å²) in [5.41, 5.74) is 6.41. The van der Waals surface area contributed by atoms with E-state index in [0.29, 0.717) is 5.69 Å². The summed E-state index contributed by atoms with van der Waals surface area (Å²) in [5.74, 6) is -0.0891. The van der Waals surface area contributed by atoms with Gasteiger partial charge in [-0.1, -0.05) is 6.07 Å². The number of carbonyl (C=O) groups is 1. The Labute approximate surface area is 76.6 Å². The highest BCUT2D eigenvalue weighted by atomic mass is 16.3. The number of carbonyl (C=O) groups excluding carboxylic acids is 1. The molecule has 3 N–H and O–H groups in total.